The van der Waals surface area contributed by atoms with Gasteiger partial charge in [-0.1, -0.05) is 0 Å². The van der Waals surface area contributed by atoms with Gasteiger partial charge in [-0.2, -0.15) is 0 Å². The molecule has 0 aromatic carbocycles. The molecule has 1 saturated heterocycles. The van der Waals surface area contributed by atoms with E-state index in [1.165, 1.54) is 0 Å². The van der Waals surface area contributed by atoms with Crippen molar-refractivity contribution in [2.45, 2.75) is 76.9 Å². The van der Waals surface area contributed by atoms with E-state index in [4.69, 9.17) is 4.74 Å². The predicted molar refractivity (Wildman–Crippen MR) is 118 cm³/mol. The van der Waals surface area contributed by atoms with Gasteiger partial charge in [-0.3, -0.25) is 4.79 Å². The summed E-state index contributed by atoms with van der Waals surface area (Å²) in [6.45, 7) is 9.04. The van der Waals surface area contributed by atoms with Crippen LogP contribution in [0.15, 0.2) is 18.3 Å². The molecule has 2 heterocycles. The minimum absolute atomic E-state index is 0.0247. The number of morpholine rings is 1. The van der Waals surface area contributed by atoms with Gasteiger partial charge >= 0.3 is 0 Å². The second-order valence-corrected chi connectivity index (χ2v) is 11.1. The number of amides is 1. The van der Waals surface area contributed by atoms with Gasteiger partial charge in [0.15, 0.2) is 0 Å². The van der Waals surface area contributed by atoms with Gasteiger partial charge in [-0.15, -0.1) is 0 Å². The molecule has 1 aliphatic carbocycles. The van der Waals surface area contributed by atoms with Crippen LogP contribution in [0, 0.1) is 5.92 Å². The average Bonchev–Trinajstić information content (AvgIpc) is 2.68. The molecule has 0 radical (unpaired) electrons. The van der Waals surface area contributed by atoms with Crippen molar-refractivity contribution in [3.63, 3.8) is 0 Å². The Labute approximate surface area is 179 Å². The molecule has 2 atom stereocenters. The van der Waals surface area contributed by atoms with Crippen LogP contribution in [0.2, 0.25) is 0 Å². The van der Waals surface area contributed by atoms with Crippen LogP contribution in [0.4, 0.5) is 11.5 Å². The number of hydrogen-bond acceptors (Lipinski definition) is 6. The Morgan fingerprint density at radius 1 is 1.13 bits per heavy atom. The van der Waals surface area contributed by atoms with Crippen molar-refractivity contribution in [3.8, 4) is 0 Å². The average molecular weight is 439 g/mol. The van der Waals surface area contributed by atoms with E-state index in [1.54, 1.807) is 20.0 Å². The number of carbonyl (C=O) groups excluding carboxylic acids is 1. The van der Waals surface area contributed by atoms with Crippen molar-refractivity contribution in [2.75, 3.05) is 23.3 Å². The highest BCUT2D eigenvalue weighted by molar-refractivity contribution is 7.90. The molecule has 3 rings (SSSR count). The lowest BCUT2D eigenvalue weighted by molar-refractivity contribution is -0.120. The normalized spacial score (nSPS) is 27.8. The zero-order valence-electron chi connectivity index (χ0n) is 18.3. The third-order valence-corrected chi connectivity index (χ3v) is 7.71. The lowest BCUT2D eigenvalue weighted by atomic mass is 9.86. The number of nitrogens with one attached hydrogen (secondary N) is 2. The molecular weight excluding hydrogens is 404 g/mol. The van der Waals surface area contributed by atoms with E-state index in [0.29, 0.717) is 31.4 Å². The van der Waals surface area contributed by atoms with Crippen LogP contribution in [0.5, 0.6) is 0 Å². The molecule has 2 N–H and O–H groups in total. The molecule has 2 unspecified atom stereocenters. The van der Waals surface area contributed by atoms with Crippen LogP contribution in [-0.2, 0) is 19.6 Å². The number of sulfonamides is 1. The minimum atomic E-state index is -3.28. The first kappa shape index (κ1) is 23.0. The summed E-state index contributed by atoms with van der Waals surface area (Å²) in [5, 5.41) is 2.51. The molecule has 168 valence electrons. The maximum atomic E-state index is 12.6. The summed E-state index contributed by atoms with van der Waals surface area (Å²) in [6, 6.07) is 3.73. The fourth-order valence-electron chi connectivity index (χ4n) is 4.10. The van der Waals surface area contributed by atoms with Crippen LogP contribution in [0.25, 0.3) is 0 Å². The molecular formula is C21H34N4O4S. The molecule has 0 bridgehead atoms. The first-order valence-electron chi connectivity index (χ1n) is 10.8. The molecule has 1 aromatic rings. The number of hydrogen-bond donors (Lipinski definition) is 2. The molecule has 8 nitrogen and oxygen atoms in total. The smallest absolute Gasteiger partial charge is 0.227 e. The van der Waals surface area contributed by atoms with E-state index >= 15 is 0 Å². The van der Waals surface area contributed by atoms with E-state index in [9.17, 15) is 13.2 Å². The van der Waals surface area contributed by atoms with E-state index < -0.39 is 15.3 Å². The maximum Gasteiger partial charge on any atom is 0.227 e. The van der Waals surface area contributed by atoms with Crippen molar-refractivity contribution < 1.29 is 17.9 Å². The lowest BCUT2D eigenvalue weighted by Gasteiger charge is -2.36. The fraction of sp³-hybridized carbons (Fsp3) is 0.714. The first-order chi connectivity index (χ1) is 14.1. The van der Waals surface area contributed by atoms with E-state index in [0.717, 1.165) is 18.9 Å². The number of anilines is 2. The molecule has 30 heavy (non-hydrogen) atoms. The molecule has 1 aliphatic heterocycles. The Kier molecular flexibility index (Phi) is 7.36. The van der Waals surface area contributed by atoms with Crippen LogP contribution in [0.3, 0.4) is 0 Å². The minimum Gasteiger partial charge on any atom is -0.372 e. The zero-order valence-corrected chi connectivity index (χ0v) is 19.1. The van der Waals surface area contributed by atoms with Gasteiger partial charge in [0.2, 0.25) is 15.9 Å². The van der Waals surface area contributed by atoms with Crippen molar-refractivity contribution in [2.24, 2.45) is 5.92 Å². The number of nitrogens with zero attached hydrogens (tertiary/aromatic N) is 2. The molecule has 1 aromatic heterocycles. The standard InChI is InChI=1S/C21H34N4O4S/c1-14(2)30(27,28)24-18-7-5-17(6-8-18)21(26)23-19-9-10-20(22-11-19)25-12-15(3)29-16(4)13-25/h9-11,14-18,24H,5-8,12-13H2,1-4H3,(H,23,26). The monoisotopic (exact) mass is 438 g/mol. The summed E-state index contributed by atoms with van der Waals surface area (Å²) in [5.74, 6) is 0.752. The van der Waals surface area contributed by atoms with Gasteiger partial charge < -0.3 is 15.0 Å². The molecule has 0 spiro atoms. The van der Waals surface area contributed by atoms with Gasteiger partial charge in [0.25, 0.3) is 0 Å². The Hall–Kier alpha value is -1.71. The third kappa shape index (κ3) is 5.92. The summed E-state index contributed by atoms with van der Waals surface area (Å²) < 4.78 is 32.6. The highest BCUT2D eigenvalue weighted by Gasteiger charge is 2.29. The molecule has 2 aliphatic rings. The van der Waals surface area contributed by atoms with Crippen molar-refractivity contribution in [1.29, 1.82) is 0 Å². The fourth-order valence-corrected chi connectivity index (χ4v) is 5.07. The van der Waals surface area contributed by atoms with Crippen LogP contribution < -0.4 is 14.9 Å². The molecule has 2 fully saturated rings. The summed E-state index contributed by atoms with van der Waals surface area (Å²) in [6.07, 6.45) is 4.72. The van der Waals surface area contributed by atoms with E-state index in [1.807, 2.05) is 12.1 Å². The molecule has 1 amide bonds. The largest absolute Gasteiger partial charge is 0.372 e. The number of pyridine rings is 1. The van der Waals surface area contributed by atoms with Crippen molar-refractivity contribution in [1.82, 2.24) is 9.71 Å². The Morgan fingerprint density at radius 3 is 2.30 bits per heavy atom. The number of carbonyl (C=O) groups is 1. The van der Waals surface area contributed by atoms with Gasteiger partial charge in [-0.05, 0) is 65.5 Å². The summed E-state index contributed by atoms with van der Waals surface area (Å²) in [4.78, 5) is 19.4. The summed E-state index contributed by atoms with van der Waals surface area (Å²) in [7, 11) is -3.28. The third-order valence-electron chi connectivity index (χ3n) is 5.81. The number of aromatic nitrogens is 1. The number of ether oxygens (including phenoxy) is 1. The Balaban J connectivity index is 1.50. The van der Waals surface area contributed by atoms with E-state index in [-0.39, 0.29) is 30.1 Å². The maximum absolute atomic E-state index is 12.6. The predicted octanol–water partition coefficient (Wildman–Crippen LogP) is 2.52. The van der Waals surface area contributed by atoms with Crippen molar-refractivity contribution in [3.05, 3.63) is 18.3 Å². The van der Waals surface area contributed by atoms with Gasteiger partial charge in [0, 0.05) is 25.0 Å². The van der Waals surface area contributed by atoms with Crippen molar-refractivity contribution >= 4 is 27.4 Å². The summed E-state index contributed by atoms with van der Waals surface area (Å²) in [5.41, 5.74) is 0.681. The van der Waals surface area contributed by atoms with Crippen LogP contribution in [0.1, 0.15) is 53.4 Å². The van der Waals surface area contributed by atoms with Gasteiger partial charge in [-0.25, -0.2) is 18.1 Å². The highest BCUT2D eigenvalue weighted by atomic mass is 32.2. The van der Waals surface area contributed by atoms with Gasteiger partial charge in [0.05, 0.1) is 29.3 Å². The zero-order chi connectivity index (χ0) is 21.9. The lowest BCUT2D eigenvalue weighted by Crippen LogP contribution is -2.45. The topological polar surface area (TPSA) is 101 Å². The second kappa shape index (κ2) is 9.62. The SMILES string of the molecule is CC1CN(c2ccc(NC(=O)C3CCC(NS(=O)(=O)C(C)C)CC3)cn2)CC(C)O1. The first-order valence-corrected chi connectivity index (χ1v) is 12.4. The van der Waals surface area contributed by atoms with Gasteiger partial charge in [0.1, 0.15) is 5.82 Å². The number of rotatable bonds is 6. The Bertz CT molecular complexity index is 810. The highest BCUT2D eigenvalue weighted by Crippen LogP contribution is 2.27. The van der Waals surface area contributed by atoms with Crippen LogP contribution >= 0.6 is 0 Å². The Morgan fingerprint density at radius 2 is 1.77 bits per heavy atom. The second-order valence-electron chi connectivity index (χ2n) is 8.82. The molecule has 1 saturated carbocycles. The van der Waals surface area contributed by atoms with Crippen LogP contribution in [-0.4, -0.2) is 55.9 Å². The molecule has 9 heteroatoms. The van der Waals surface area contributed by atoms with E-state index in [2.05, 4.69) is 33.8 Å². The quantitative estimate of drug-likeness (QED) is 0.708. The summed E-state index contributed by atoms with van der Waals surface area (Å²) >= 11 is 0.